The summed E-state index contributed by atoms with van der Waals surface area (Å²) in [5, 5.41) is 3.50. The standard InChI is InChI=1S/C64H82N8O4/c1-9-17-21-41(13-5)37-73-45-25-29-49-53(33-45)61-65-57(49)70-62-55-35-47(75-39-43(15-7)23-19-11-3)27-31-51(55)59(67-62)72-64-56-36-48(76-40-44(16-8)24-20-12-4)28-32-52(56)60(68-64)71-63-54-34-46(26-30-50(54)58(66-63)69-61)74-38-42(14-6)22-18-10-2/h25-36,41-44H,9-24,37-40H2,1-8H3,(H2,65,66,67,68,69,70,71,72). The normalized spacial score (nSPS) is 13.6. The fraction of sp³-hybridized carbons (Fsp3) is 0.500. The molecule has 12 heteroatoms. The van der Waals surface area contributed by atoms with Crippen LogP contribution in [0.2, 0.25) is 0 Å². The maximum atomic E-state index is 6.57. The van der Waals surface area contributed by atoms with Gasteiger partial charge in [-0.15, -0.1) is 0 Å². The number of nitrogens with one attached hydrogen (secondary N) is 2. The topological polar surface area (TPSA) is 146 Å². The summed E-state index contributed by atoms with van der Waals surface area (Å²) in [5.41, 5.74) is 5.85. The monoisotopic (exact) mass is 1030 g/mol. The second-order valence-corrected chi connectivity index (χ2v) is 21.3. The molecule has 402 valence electrons. The van der Waals surface area contributed by atoms with Gasteiger partial charge in [0.25, 0.3) is 0 Å². The van der Waals surface area contributed by atoms with Crippen LogP contribution in [-0.2, 0) is 0 Å². The zero-order valence-electron chi connectivity index (χ0n) is 46.7. The minimum absolute atomic E-state index is 0.476. The quantitative estimate of drug-likeness (QED) is 0.0486. The number of aromatic amines is 2. The SMILES string of the molecule is CCCCC(CC)COc1ccc2c(c1)-c1nc-2nc2[nH]c(nc3nc(nc4[nH]c(n1)c1ccc(OCC(CC)CCCC)cc41)-c1ccc(OCC(CC)CCCC)cc1-3)c1ccc(OCC(CC)CCCC)cc21. The van der Waals surface area contributed by atoms with Gasteiger partial charge in [0.2, 0.25) is 0 Å². The third kappa shape index (κ3) is 12.6. The van der Waals surface area contributed by atoms with Gasteiger partial charge in [-0.25, -0.2) is 29.9 Å². The fourth-order valence-electron chi connectivity index (χ4n) is 10.5. The lowest BCUT2D eigenvalue weighted by atomic mass is 10.0. The number of unbranched alkanes of at least 4 members (excludes halogenated alkanes) is 4. The Morgan fingerprint density at radius 1 is 0.329 bits per heavy atom. The second-order valence-electron chi connectivity index (χ2n) is 21.3. The Balaban J connectivity index is 1.26. The van der Waals surface area contributed by atoms with E-state index >= 15 is 0 Å². The van der Waals surface area contributed by atoms with E-state index in [2.05, 4.69) is 114 Å². The predicted octanol–water partition coefficient (Wildman–Crippen LogP) is 17.2. The Hall–Kier alpha value is -6.56. The molecular formula is C64H82N8O4. The average molecular weight is 1030 g/mol. The van der Waals surface area contributed by atoms with Crippen LogP contribution in [0.5, 0.6) is 23.0 Å². The molecule has 0 saturated heterocycles. The van der Waals surface area contributed by atoms with E-state index < -0.39 is 0 Å². The number of aromatic nitrogens is 8. The minimum atomic E-state index is 0.476. The van der Waals surface area contributed by atoms with Crippen molar-refractivity contribution in [2.45, 2.75) is 158 Å². The predicted molar refractivity (Wildman–Crippen MR) is 311 cm³/mol. The van der Waals surface area contributed by atoms with Gasteiger partial charge in [-0.3, -0.25) is 0 Å². The Labute approximate surface area is 450 Å². The van der Waals surface area contributed by atoms with Crippen molar-refractivity contribution in [2.75, 3.05) is 26.4 Å². The first-order valence-corrected chi connectivity index (χ1v) is 29.2. The molecule has 4 unspecified atom stereocenters. The van der Waals surface area contributed by atoms with Gasteiger partial charge in [0.05, 0.1) is 26.4 Å². The van der Waals surface area contributed by atoms with Crippen molar-refractivity contribution in [3.8, 4) is 68.5 Å². The smallest absolute Gasteiger partial charge is 0.164 e. The number of H-pyrrole nitrogens is 2. The first-order valence-electron chi connectivity index (χ1n) is 29.2. The van der Waals surface area contributed by atoms with Gasteiger partial charge in [-0.05, 0) is 122 Å². The van der Waals surface area contributed by atoms with Gasteiger partial charge in [-0.1, -0.05) is 132 Å². The van der Waals surface area contributed by atoms with Crippen LogP contribution in [-0.4, -0.2) is 66.3 Å². The molecule has 0 saturated carbocycles. The zero-order chi connectivity index (χ0) is 53.0. The van der Waals surface area contributed by atoms with E-state index in [4.69, 9.17) is 48.9 Å². The molecule has 7 aromatic rings. The van der Waals surface area contributed by atoms with Crippen molar-refractivity contribution in [1.29, 1.82) is 0 Å². The molecule has 76 heavy (non-hydrogen) atoms. The van der Waals surface area contributed by atoms with Crippen molar-refractivity contribution in [3.05, 3.63) is 72.8 Å². The van der Waals surface area contributed by atoms with E-state index in [1.54, 1.807) is 0 Å². The number of hydrogen-bond donors (Lipinski definition) is 2. The largest absolute Gasteiger partial charge is 0.493 e. The van der Waals surface area contributed by atoms with Crippen LogP contribution in [0.4, 0.5) is 0 Å². The van der Waals surface area contributed by atoms with Gasteiger partial charge < -0.3 is 28.9 Å². The molecule has 9 rings (SSSR count). The van der Waals surface area contributed by atoms with Crippen LogP contribution in [0.15, 0.2) is 72.8 Å². The lowest BCUT2D eigenvalue weighted by Gasteiger charge is -2.16. The van der Waals surface area contributed by atoms with Crippen LogP contribution in [0.3, 0.4) is 0 Å². The van der Waals surface area contributed by atoms with Crippen LogP contribution in [0, 0.1) is 23.7 Å². The summed E-state index contributed by atoms with van der Waals surface area (Å²) < 4.78 is 26.3. The molecule has 5 heterocycles. The summed E-state index contributed by atoms with van der Waals surface area (Å²) in [6.07, 6.45) is 18.3. The molecule has 3 aromatic heterocycles. The lowest BCUT2D eigenvalue weighted by Crippen LogP contribution is -2.11. The highest BCUT2D eigenvalue weighted by atomic mass is 16.5. The minimum Gasteiger partial charge on any atom is -0.493 e. The second kappa shape index (κ2) is 26.0. The highest BCUT2D eigenvalue weighted by Crippen LogP contribution is 2.41. The molecule has 0 spiro atoms. The Morgan fingerprint density at radius 3 is 0.934 bits per heavy atom. The Morgan fingerprint density at radius 2 is 0.618 bits per heavy atom. The molecule has 8 bridgehead atoms. The van der Waals surface area contributed by atoms with Crippen molar-refractivity contribution in [2.24, 2.45) is 23.7 Å². The Kier molecular flexibility index (Phi) is 18.5. The summed E-state index contributed by atoms with van der Waals surface area (Å²) >= 11 is 0. The van der Waals surface area contributed by atoms with Crippen molar-refractivity contribution in [3.63, 3.8) is 0 Å². The van der Waals surface area contributed by atoms with Crippen LogP contribution < -0.4 is 18.9 Å². The van der Waals surface area contributed by atoms with Crippen LogP contribution in [0.25, 0.3) is 89.7 Å². The number of rotatable bonds is 28. The maximum absolute atomic E-state index is 6.57. The molecule has 12 nitrogen and oxygen atoms in total. The molecule has 4 atom stereocenters. The Bertz CT molecular complexity index is 3020. The van der Waals surface area contributed by atoms with Crippen molar-refractivity contribution in [1.82, 2.24) is 39.9 Å². The van der Waals surface area contributed by atoms with E-state index in [1.165, 1.54) is 51.4 Å². The van der Waals surface area contributed by atoms with Gasteiger partial charge in [0.15, 0.2) is 23.3 Å². The number of benzene rings is 4. The molecule has 4 aromatic carbocycles. The van der Waals surface area contributed by atoms with Crippen molar-refractivity contribution < 1.29 is 18.9 Å². The average Bonchev–Trinajstić information content (AvgIpc) is 4.18. The van der Waals surface area contributed by atoms with E-state index in [-0.39, 0.29) is 0 Å². The summed E-state index contributed by atoms with van der Waals surface area (Å²) in [6.45, 7) is 20.6. The molecule has 2 aliphatic rings. The van der Waals surface area contributed by atoms with Gasteiger partial charge in [0, 0.05) is 43.8 Å². The van der Waals surface area contributed by atoms with E-state index in [0.29, 0.717) is 96.0 Å². The van der Waals surface area contributed by atoms with Gasteiger partial charge in [0.1, 0.15) is 45.6 Å². The fourth-order valence-corrected chi connectivity index (χ4v) is 10.5. The number of hydrogen-bond acceptors (Lipinski definition) is 10. The number of ether oxygens (including phenoxy) is 4. The number of fused-ring (bicyclic) bond motifs is 20. The van der Waals surface area contributed by atoms with Crippen LogP contribution >= 0.6 is 0 Å². The third-order valence-corrected chi connectivity index (χ3v) is 15.8. The molecule has 0 radical (unpaired) electrons. The van der Waals surface area contributed by atoms with Gasteiger partial charge >= 0.3 is 0 Å². The third-order valence-electron chi connectivity index (χ3n) is 15.8. The number of nitrogens with zero attached hydrogens (tertiary/aromatic N) is 6. The molecule has 2 N–H and O–H groups in total. The van der Waals surface area contributed by atoms with E-state index in [1.807, 2.05) is 24.3 Å². The van der Waals surface area contributed by atoms with Crippen LogP contribution in [0.1, 0.15) is 158 Å². The van der Waals surface area contributed by atoms with E-state index in [9.17, 15) is 0 Å². The first-order chi connectivity index (χ1) is 37.3. The summed E-state index contributed by atoms with van der Waals surface area (Å²) in [5.74, 6) is 7.14. The summed E-state index contributed by atoms with van der Waals surface area (Å²) in [7, 11) is 0. The molecule has 0 fully saturated rings. The summed E-state index contributed by atoms with van der Waals surface area (Å²) in [4.78, 5) is 39.3. The zero-order valence-corrected chi connectivity index (χ0v) is 46.7. The molecule has 0 amide bonds. The molecule has 0 aliphatic carbocycles. The maximum Gasteiger partial charge on any atom is 0.164 e. The highest BCUT2D eigenvalue weighted by molar-refractivity contribution is 6.07. The molecular weight excluding hydrogens is 945 g/mol. The van der Waals surface area contributed by atoms with E-state index in [0.717, 1.165) is 118 Å². The lowest BCUT2D eigenvalue weighted by molar-refractivity contribution is 0.233. The summed E-state index contributed by atoms with van der Waals surface area (Å²) in [6, 6.07) is 24.7. The molecule has 2 aliphatic heterocycles. The highest BCUT2D eigenvalue weighted by Gasteiger charge is 2.25. The van der Waals surface area contributed by atoms with Crippen molar-refractivity contribution >= 4 is 44.1 Å². The van der Waals surface area contributed by atoms with Gasteiger partial charge in [-0.2, -0.15) is 0 Å². The first kappa shape index (κ1) is 54.2.